The van der Waals surface area contributed by atoms with Crippen LogP contribution in [0.5, 0.6) is 0 Å². The first-order valence-corrected chi connectivity index (χ1v) is 8.71. The molecule has 1 amide bonds. The molecule has 1 N–H and O–H groups in total. The van der Waals surface area contributed by atoms with Gasteiger partial charge in [-0.15, -0.1) is 0 Å². The third-order valence-corrected chi connectivity index (χ3v) is 5.25. The first-order chi connectivity index (χ1) is 12.0. The van der Waals surface area contributed by atoms with E-state index in [0.717, 1.165) is 16.6 Å². The molecule has 4 rings (SSSR count). The predicted octanol–water partition coefficient (Wildman–Crippen LogP) is 4.12. The third kappa shape index (κ3) is 2.79. The highest BCUT2D eigenvalue weighted by molar-refractivity contribution is 7.18. The monoisotopic (exact) mass is 369 g/mol. The summed E-state index contributed by atoms with van der Waals surface area (Å²) in [5.74, 6) is -0.364. The number of imidazole rings is 1. The van der Waals surface area contributed by atoms with Gasteiger partial charge in [-0.1, -0.05) is 41.1 Å². The second-order valence-electron chi connectivity index (χ2n) is 5.59. The van der Waals surface area contributed by atoms with Crippen molar-refractivity contribution < 1.29 is 4.79 Å². The fourth-order valence-corrected chi connectivity index (χ4v) is 3.67. The highest BCUT2D eigenvalue weighted by Crippen LogP contribution is 2.22. The SMILES string of the molecule is Cc1ccc(NC(=O)c2cc(=O)n3c(nc4ccccc43)s2)cc1Cl. The van der Waals surface area contributed by atoms with Gasteiger partial charge in [-0.3, -0.25) is 14.0 Å². The number of benzene rings is 2. The van der Waals surface area contributed by atoms with Crippen LogP contribution in [0.2, 0.25) is 5.02 Å². The van der Waals surface area contributed by atoms with E-state index in [4.69, 9.17) is 11.6 Å². The van der Waals surface area contributed by atoms with Gasteiger partial charge < -0.3 is 5.32 Å². The average Bonchev–Trinajstić information content (AvgIpc) is 2.97. The summed E-state index contributed by atoms with van der Waals surface area (Å²) in [5, 5.41) is 3.33. The van der Waals surface area contributed by atoms with Crippen molar-refractivity contribution in [2.45, 2.75) is 6.92 Å². The Morgan fingerprint density at radius 1 is 1.20 bits per heavy atom. The van der Waals surface area contributed by atoms with Crippen LogP contribution in [0.25, 0.3) is 16.0 Å². The number of para-hydroxylation sites is 2. The molecule has 0 radical (unpaired) electrons. The Morgan fingerprint density at radius 2 is 2.00 bits per heavy atom. The molecule has 0 spiro atoms. The van der Waals surface area contributed by atoms with Gasteiger partial charge in [0.1, 0.15) is 4.88 Å². The molecule has 0 atom stereocenters. The van der Waals surface area contributed by atoms with Crippen LogP contribution >= 0.6 is 22.9 Å². The van der Waals surface area contributed by atoms with Crippen molar-refractivity contribution in [3.8, 4) is 0 Å². The largest absolute Gasteiger partial charge is 0.321 e. The lowest BCUT2D eigenvalue weighted by atomic mass is 10.2. The number of fused-ring (bicyclic) bond motifs is 3. The summed E-state index contributed by atoms with van der Waals surface area (Å²) >= 11 is 7.25. The van der Waals surface area contributed by atoms with Crippen LogP contribution in [0.4, 0.5) is 5.69 Å². The standard InChI is InChI=1S/C18H12ClN3O2S/c1-10-6-7-11(8-12(10)19)20-17(24)15-9-16(23)22-14-5-3-2-4-13(14)21-18(22)25-15/h2-9H,1H3,(H,20,24). The Balaban J connectivity index is 1.75. The lowest BCUT2D eigenvalue weighted by Crippen LogP contribution is -2.17. The fourth-order valence-electron chi connectivity index (χ4n) is 2.57. The van der Waals surface area contributed by atoms with E-state index in [1.54, 1.807) is 12.1 Å². The molecule has 0 aliphatic rings. The summed E-state index contributed by atoms with van der Waals surface area (Å²) in [5.41, 5.74) is 2.67. The van der Waals surface area contributed by atoms with Gasteiger partial charge in [-0.05, 0) is 36.8 Å². The van der Waals surface area contributed by atoms with Gasteiger partial charge in [0, 0.05) is 16.8 Å². The predicted molar refractivity (Wildman–Crippen MR) is 101 cm³/mol. The normalized spacial score (nSPS) is 11.1. The van der Waals surface area contributed by atoms with E-state index in [1.165, 1.54) is 21.8 Å². The minimum absolute atomic E-state index is 0.283. The molecule has 7 heteroatoms. The number of carbonyl (C=O) groups excluding carboxylic acids is 1. The first-order valence-electron chi connectivity index (χ1n) is 7.52. The summed E-state index contributed by atoms with van der Waals surface area (Å²) in [6.07, 6.45) is 0. The molecule has 0 aliphatic carbocycles. The molecule has 0 aliphatic heterocycles. The van der Waals surface area contributed by atoms with Gasteiger partial charge in [-0.25, -0.2) is 4.98 Å². The van der Waals surface area contributed by atoms with Gasteiger partial charge in [0.25, 0.3) is 11.5 Å². The molecule has 0 saturated heterocycles. The van der Waals surface area contributed by atoms with Crippen molar-refractivity contribution in [2.75, 3.05) is 5.32 Å². The number of hydrogen-bond acceptors (Lipinski definition) is 4. The Labute approximate surface area is 151 Å². The third-order valence-electron chi connectivity index (χ3n) is 3.86. The number of hydrogen-bond donors (Lipinski definition) is 1. The van der Waals surface area contributed by atoms with E-state index in [-0.39, 0.29) is 11.5 Å². The first kappa shape index (κ1) is 15.8. The molecule has 2 aromatic heterocycles. The quantitative estimate of drug-likeness (QED) is 0.578. The van der Waals surface area contributed by atoms with E-state index in [2.05, 4.69) is 10.3 Å². The highest BCUT2D eigenvalue weighted by Gasteiger charge is 2.14. The zero-order chi connectivity index (χ0) is 17.6. The van der Waals surface area contributed by atoms with Crippen molar-refractivity contribution in [1.29, 1.82) is 0 Å². The van der Waals surface area contributed by atoms with Gasteiger partial charge in [0.05, 0.1) is 11.0 Å². The van der Waals surface area contributed by atoms with Crippen LogP contribution in [0, 0.1) is 6.92 Å². The van der Waals surface area contributed by atoms with Crippen LogP contribution in [-0.2, 0) is 0 Å². The van der Waals surface area contributed by atoms with Crippen LogP contribution in [-0.4, -0.2) is 15.3 Å². The van der Waals surface area contributed by atoms with E-state index in [9.17, 15) is 9.59 Å². The zero-order valence-corrected chi connectivity index (χ0v) is 14.7. The van der Waals surface area contributed by atoms with Crippen LogP contribution in [0.1, 0.15) is 15.2 Å². The zero-order valence-electron chi connectivity index (χ0n) is 13.1. The number of halogens is 1. The number of rotatable bonds is 2. The number of nitrogens with one attached hydrogen (secondary N) is 1. The van der Waals surface area contributed by atoms with Crippen molar-refractivity contribution in [2.24, 2.45) is 0 Å². The number of anilines is 1. The van der Waals surface area contributed by atoms with Gasteiger partial charge in [0.2, 0.25) is 0 Å². The molecule has 2 heterocycles. The maximum Gasteiger partial charge on any atom is 0.266 e. The lowest BCUT2D eigenvalue weighted by molar-refractivity contribution is 0.103. The molecule has 124 valence electrons. The average molecular weight is 370 g/mol. The molecule has 0 fully saturated rings. The topological polar surface area (TPSA) is 63.5 Å². The van der Waals surface area contributed by atoms with Crippen molar-refractivity contribution >= 4 is 50.5 Å². The molecule has 4 aromatic rings. The summed E-state index contributed by atoms with van der Waals surface area (Å²) in [6, 6.07) is 14.0. The Kier molecular flexibility index (Phi) is 3.78. The van der Waals surface area contributed by atoms with E-state index >= 15 is 0 Å². The minimum Gasteiger partial charge on any atom is -0.321 e. The van der Waals surface area contributed by atoms with E-state index in [1.807, 2.05) is 37.3 Å². The highest BCUT2D eigenvalue weighted by atomic mass is 35.5. The van der Waals surface area contributed by atoms with Crippen molar-refractivity contribution in [3.05, 3.63) is 74.3 Å². The molecule has 25 heavy (non-hydrogen) atoms. The summed E-state index contributed by atoms with van der Waals surface area (Å²) < 4.78 is 1.51. The molecule has 0 saturated carbocycles. The summed E-state index contributed by atoms with van der Waals surface area (Å²) in [6.45, 7) is 1.89. The lowest BCUT2D eigenvalue weighted by Gasteiger charge is -2.06. The Hall–Kier alpha value is -2.70. The summed E-state index contributed by atoms with van der Waals surface area (Å²) in [4.78, 5) is 30.2. The fraction of sp³-hybridized carbons (Fsp3) is 0.0556. The number of aromatic nitrogens is 2. The maximum absolute atomic E-state index is 12.5. The van der Waals surface area contributed by atoms with Crippen LogP contribution < -0.4 is 10.9 Å². The number of nitrogens with zero attached hydrogens (tertiary/aromatic N) is 2. The van der Waals surface area contributed by atoms with Gasteiger partial charge >= 0.3 is 0 Å². The second-order valence-corrected chi connectivity index (χ2v) is 7.00. The summed E-state index contributed by atoms with van der Waals surface area (Å²) in [7, 11) is 0. The molecule has 2 aromatic carbocycles. The van der Waals surface area contributed by atoms with Gasteiger partial charge in [0.15, 0.2) is 4.96 Å². The smallest absolute Gasteiger partial charge is 0.266 e. The molecular formula is C18H12ClN3O2S. The van der Waals surface area contributed by atoms with E-state index < -0.39 is 0 Å². The van der Waals surface area contributed by atoms with Crippen molar-refractivity contribution in [1.82, 2.24) is 9.38 Å². The second kappa shape index (κ2) is 5.98. The molecule has 0 unspecified atom stereocenters. The van der Waals surface area contributed by atoms with Gasteiger partial charge in [-0.2, -0.15) is 0 Å². The van der Waals surface area contributed by atoms with Crippen LogP contribution in [0.3, 0.4) is 0 Å². The number of aryl methyl sites for hydroxylation is 1. The number of carbonyl (C=O) groups is 1. The Bertz CT molecular complexity index is 1200. The molecular weight excluding hydrogens is 358 g/mol. The van der Waals surface area contributed by atoms with Crippen LogP contribution in [0.15, 0.2) is 53.3 Å². The minimum atomic E-state index is -0.364. The maximum atomic E-state index is 12.5. The Morgan fingerprint density at radius 3 is 2.80 bits per heavy atom. The van der Waals surface area contributed by atoms with E-state index in [0.29, 0.717) is 20.5 Å². The number of amides is 1. The molecule has 5 nitrogen and oxygen atoms in total. The molecule has 0 bridgehead atoms. The van der Waals surface area contributed by atoms with Crippen molar-refractivity contribution in [3.63, 3.8) is 0 Å².